The molecule has 2 heterocycles. The van der Waals surface area contributed by atoms with E-state index in [1.807, 2.05) is 42.5 Å². The van der Waals surface area contributed by atoms with Crippen LogP contribution in [0.15, 0.2) is 60.9 Å². The second-order valence-electron chi connectivity index (χ2n) is 7.97. The Hall–Kier alpha value is -4.09. The van der Waals surface area contributed by atoms with Crippen molar-refractivity contribution in [2.75, 3.05) is 48.8 Å². The number of carbonyl (C=O) groups is 1. The first-order chi connectivity index (χ1) is 16.0. The van der Waals surface area contributed by atoms with Gasteiger partial charge in [0.25, 0.3) is 0 Å². The van der Waals surface area contributed by atoms with E-state index in [9.17, 15) is 4.79 Å². The largest absolute Gasteiger partial charge is 0.369 e. The highest BCUT2D eigenvalue weighted by Gasteiger charge is 2.20. The van der Waals surface area contributed by atoms with E-state index >= 15 is 0 Å². The van der Waals surface area contributed by atoms with Crippen LogP contribution in [-0.4, -0.2) is 54.1 Å². The minimum atomic E-state index is -0.514. The standard InChI is InChI=1S/C25H27N7O/c1-30-11-13-31(14-12-30)23-8-3-2-6-21(23)18-32(25(27)33)22-7-4-5-19(15-22)9-10-20-16-28-24(26)29-17-20/h2-8,15-17H,11-14,18H2,1H3,(H2,27,33)(H2,26,28,29). The van der Waals surface area contributed by atoms with Crippen LogP contribution in [0, 0.1) is 11.8 Å². The van der Waals surface area contributed by atoms with Crippen molar-refractivity contribution < 1.29 is 4.79 Å². The minimum Gasteiger partial charge on any atom is -0.369 e. The number of rotatable bonds is 4. The van der Waals surface area contributed by atoms with Crippen molar-refractivity contribution in [2.24, 2.45) is 5.73 Å². The molecule has 168 valence electrons. The second kappa shape index (κ2) is 10.0. The van der Waals surface area contributed by atoms with Gasteiger partial charge < -0.3 is 21.3 Å². The fourth-order valence-electron chi connectivity index (χ4n) is 3.77. The van der Waals surface area contributed by atoms with Gasteiger partial charge in [0.15, 0.2) is 0 Å². The lowest BCUT2D eigenvalue weighted by molar-refractivity contribution is 0.253. The van der Waals surface area contributed by atoms with E-state index in [-0.39, 0.29) is 5.95 Å². The van der Waals surface area contributed by atoms with Crippen molar-refractivity contribution >= 4 is 23.4 Å². The zero-order chi connectivity index (χ0) is 23.2. The van der Waals surface area contributed by atoms with Gasteiger partial charge in [0.1, 0.15) is 0 Å². The van der Waals surface area contributed by atoms with E-state index < -0.39 is 6.03 Å². The average molecular weight is 442 g/mol. The molecular formula is C25H27N7O. The monoisotopic (exact) mass is 441 g/mol. The molecular weight excluding hydrogens is 414 g/mol. The predicted octanol–water partition coefficient (Wildman–Crippen LogP) is 2.30. The Kier molecular flexibility index (Phi) is 6.72. The van der Waals surface area contributed by atoms with Crippen LogP contribution < -0.4 is 21.3 Å². The number of para-hydroxylation sites is 1. The fourth-order valence-corrected chi connectivity index (χ4v) is 3.77. The van der Waals surface area contributed by atoms with Gasteiger partial charge in [0.05, 0.1) is 12.1 Å². The number of aromatic nitrogens is 2. The molecule has 0 bridgehead atoms. The second-order valence-corrected chi connectivity index (χ2v) is 7.97. The molecule has 0 spiro atoms. The Labute approximate surface area is 193 Å². The van der Waals surface area contributed by atoms with E-state index in [1.54, 1.807) is 17.3 Å². The molecule has 4 N–H and O–H groups in total. The van der Waals surface area contributed by atoms with Crippen LogP contribution in [0.1, 0.15) is 16.7 Å². The van der Waals surface area contributed by atoms with Gasteiger partial charge >= 0.3 is 6.03 Å². The Balaban J connectivity index is 1.58. The Morgan fingerprint density at radius 3 is 2.42 bits per heavy atom. The summed E-state index contributed by atoms with van der Waals surface area (Å²) in [7, 11) is 2.13. The third-order valence-electron chi connectivity index (χ3n) is 5.61. The van der Waals surface area contributed by atoms with E-state index in [2.05, 4.69) is 44.7 Å². The lowest BCUT2D eigenvalue weighted by atomic mass is 10.1. The van der Waals surface area contributed by atoms with Gasteiger partial charge in [-0.05, 0) is 36.9 Å². The molecule has 1 aliphatic heterocycles. The van der Waals surface area contributed by atoms with E-state index in [0.29, 0.717) is 17.8 Å². The van der Waals surface area contributed by atoms with Gasteiger partial charge in [0, 0.05) is 55.5 Å². The summed E-state index contributed by atoms with van der Waals surface area (Å²) in [6.45, 7) is 4.29. The SMILES string of the molecule is CN1CCN(c2ccccc2CN(C(N)=O)c2cccc(C#Cc3cnc(N)nc3)c2)CC1. The number of anilines is 3. The molecule has 8 heteroatoms. The van der Waals surface area contributed by atoms with Gasteiger partial charge in [0.2, 0.25) is 5.95 Å². The zero-order valence-corrected chi connectivity index (χ0v) is 18.6. The highest BCUT2D eigenvalue weighted by molar-refractivity contribution is 5.91. The minimum absolute atomic E-state index is 0.205. The van der Waals surface area contributed by atoms with Crippen LogP contribution >= 0.6 is 0 Å². The topological polar surface area (TPSA) is 105 Å². The molecule has 0 unspecified atom stereocenters. The van der Waals surface area contributed by atoms with Gasteiger partial charge in [-0.2, -0.15) is 0 Å². The molecule has 2 amide bonds. The Morgan fingerprint density at radius 1 is 1.00 bits per heavy atom. The zero-order valence-electron chi connectivity index (χ0n) is 18.6. The Morgan fingerprint density at radius 2 is 1.70 bits per heavy atom. The maximum atomic E-state index is 12.4. The normalized spacial score (nSPS) is 13.8. The first-order valence-corrected chi connectivity index (χ1v) is 10.8. The summed E-state index contributed by atoms with van der Waals surface area (Å²) in [6.07, 6.45) is 3.15. The number of likely N-dealkylation sites (N-methyl/N-ethyl adjacent to an activating group) is 1. The fraction of sp³-hybridized carbons (Fsp3) is 0.240. The molecule has 1 fully saturated rings. The Bertz CT molecular complexity index is 1180. The summed E-state index contributed by atoms with van der Waals surface area (Å²) < 4.78 is 0. The van der Waals surface area contributed by atoms with E-state index in [4.69, 9.17) is 11.5 Å². The van der Waals surface area contributed by atoms with Crippen LogP contribution in [0.4, 0.5) is 22.1 Å². The van der Waals surface area contributed by atoms with Gasteiger partial charge in [-0.1, -0.05) is 36.1 Å². The van der Waals surface area contributed by atoms with Crippen LogP contribution in [-0.2, 0) is 6.54 Å². The average Bonchev–Trinajstić information content (AvgIpc) is 2.83. The molecule has 33 heavy (non-hydrogen) atoms. The third-order valence-corrected chi connectivity index (χ3v) is 5.61. The van der Waals surface area contributed by atoms with Crippen molar-refractivity contribution in [1.82, 2.24) is 14.9 Å². The molecule has 3 aromatic rings. The van der Waals surface area contributed by atoms with Gasteiger partial charge in [-0.25, -0.2) is 14.8 Å². The number of nitrogen functional groups attached to an aromatic ring is 1. The molecule has 0 aliphatic carbocycles. The van der Waals surface area contributed by atoms with Crippen LogP contribution in [0.5, 0.6) is 0 Å². The number of nitrogens with zero attached hydrogens (tertiary/aromatic N) is 5. The molecule has 4 rings (SSSR count). The first kappa shape index (κ1) is 22.1. The first-order valence-electron chi connectivity index (χ1n) is 10.8. The number of hydrogen-bond donors (Lipinski definition) is 2. The smallest absolute Gasteiger partial charge is 0.319 e. The number of amides is 2. The highest BCUT2D eigenvalue weighted by atomic mass is 16.2. The van der Waals surface area contributed by atoms with Crippen molar-refractivity contribution in [1.29, 1.82) is 0 Å². The number of primary amides is 1. The summed E-state index contributed by atoms with van der Waals surface area (Å²) >= 11 is 0. The molecule has 0 radical (unpaired) electrons. The number of nitrogens with two attached hydrogens (primary N) is 2. The number of piperazine rings is 1. The number of carbonyl (C=O) groups excluding carboxylic acids is 1. The lowest BCUT2D eigenvalue weighted by Gasteiger charge is -2.35. The molecule has 0 atom stereocenters. The van der Waals surface area contributed by atoms with E-state index in [0.717, 1.165) is 43.0 Å². The number of hydrogen-bond acceptors (Lipinski definition) is 6. The molecule has 1 saturated heterocycles. The van der Waals surface area contributed by atoms with Crippen molar-refractivity contribution in [3.05, 3.63) is 77.6 Å². The summed E-state index contributed by atoms with van der Waals surface area (Å²) in [5, 5.41) is 0. The molecule has 2 aromatic carbocycles. The molecule has 0 saturated carbocycles. The summed E-state index contributed by atoms with van der Waals surface area (Å²) in [6, 6.07) is 15.1. The van der Waals surface area contributed by atoms with Crippen molar-refractivity contribution in [3.63, 3.8) is 0 Å². The van der Waals surface area contributed by atoms with Crippen molar-refractivity contribution in [2.45, 2.75) is 6.54 Å². The third kappa shape index (κ3) is 5.59. The molecule has 1 aromatic heterocycles. The predicted molar refractivity (Wildman–Crippen MR) is 131 cm³/mol. The number of urea groups is 1. The van der Waals surface area contributed by atoms with Gasteiger partial charge in [-0.15, -0.1) is 0 Å². The maximum Gasteiger partial charge on any atom is 0.319 e. The number of benzene rings is 2. The van der Waals surface area contributed by atoms with Crippen LogP contribution in [0.2, 0.25) is 0 Å². The molecule has 8 nitrogen and oxygen atoms in total. The quantitative estimate of drug-likeness (QED) is 0.602. The molecule has 1 aliphatic rings. The summed E-state index contributed by atoms with van der Waals surface area (Å²) in [5.74, 6) is 6.30. The maximum absolute atomic E-state index is 12.4. The van der Waals surface area contributed by atoms with Crippen LogP contribution in [0.3, 0.4) is 0 Å². The van der Waals surface area contributed by atoms with E-state index in [1.165, 1.54) is 0 Å². The summed E-state index contributed by atoms with van der Waals surface area (Å²) in [4.78, 5) is 26.6. The lowest BCUT2D eigenvalue weighted by Crippen LogP contribution is -2.45. The highest BCUT2D eigenvalue weighted by Crippen LogP contribution is 2.26. The van der Waals surface area contributed by atoms with Crippen molar-refractivity contribution in [3.8, 4) is 11.8 Å². The summed E-state index contributed by atoms with van der Waals surface area (Å²) in [5.41, 5.74) is 15.6. The van der Waals surface area contributed by atoms with Crippen LogP contribution in [0.25, 0.3) is 0 Å². The van der Waals surface area contributed by atoms with Gasteiger partial charge in [-0.3, -0.25) is 4.90 Å².